The molecule has 4 nitrogen and oxygen atoms in total. The molecule has 3 N–H and O–H groups in total. The highest BCUT2D eigenvalue weighted by molar-refractivity contribution is 5.66. The minimum Gasteiger partial charge on any atom is -0.481 e. The standard InChI is InChI=1S/C26H44O4/c1-5-17-21-14-16(27)10-12-26(21,4)20-11-13-25(3)18(15(2)6-9-22(28)29)7-8-19(25)23(20)24(17)30/h15-21,23-24,27,30H,5-14H2,1-4H3,(H,28,29)/t15?,16-,17-,18-,19+,20+,21+,23+,24+,25-,26-/m1/s1. The van der Waals surface area contributed by atoms with Crippen molar-refractivity contribution in [3.8, 4) is 0 Å². The van der Waals surface area contributed by atoms with Crippen LogP contribution in [-0.4, -0.2) is 33.5 Å². The average Bonchev–Trinajstić information content (AvgIpc) is 3.05. The highest BCUT2D eigenvalue weighted by Crippen LogP contribution is 2.69. The van der Waals surface area contributed by atoms with Gasteiger partial charge in [0.05, 0.1) is 12.2 Å². The molecule has 1 unspecified atom stereocenters. The van der Waals surface area contributed by atoms with Crippen LogP contribution in [0.5, 0.6) is 0 Å². The summed E-state index contributed by atoms with van der Waals surface area (Å²) in [7, 11) is 0. The van der Waals surface area contributed by atoms with E-state index in [0.29, 0.717) is 41.4 Å². The molecule has 4 rings (SSSR count). The van der Waals surface area contributed by atoms with Crippen molar-refractivity contribution in [3.05, 3.63) is 0 Å². The number of carboxylic acids is 1. The van der Waals surface area contributed by atoms with Gasteiger partial charge in [-0.15, -0.1) is 0 Å². The summed E-state index contributed by atoms with van der Waals surface area (Å²) < 4.78 is 0. The van der Waals surface area contributed by atoms with Crippen LogP contribution in [0.2, 0.25) is 0 Å². The first kappa shape index (κ1) is 22.6. The van der Waals surface area contributed by atoms with Crippen LogP contribution in [0.15, 0.2) is 0 Å². The number of aliphatic carboxylic acids is 1. The number of aliphatic hydroxyl groups is 2. The van der Waals surface area contributed by atoms with Crippen molar-refractivity contribution >= 4 is 5.97 Å². The highest BCUT2D eigenvalue weighted by Gasteiger charge is 2.64. The number of hydrogen-bond acceptors (Lipinski definition) is 3. The number of carbonyl (C=O) groups is 1. The number of rotatable bonds is 5. The predicted octanol–water partition coefficient (Wildman–Crippen LogP) is 5.11. The lowest BCUT2D eigenvalue weighted by atomic mass is 9.41. The summed E-state index contributed by atoms with van der Waals surface area (Å²) in [4.78, 5) is 11.1. The summed E-state index contributed by atoms with van der Waals surface area (Å²) in [6.07, 6.45) is 9.27. The van der Waals surface area contributed by atoms with E-state index in [2.05, 4.69) is 27.7 Å². The van der Waals surface area contributed by atoms with E-state index in [1.165, 1.54) is 25.7 Å². The quantitative estimate of drug-likeness (QED) is 0.577. The second kappa shape index (κ2) is 8.06. The second-order valence-electron chi connectivity index (χ2n) is 12.0. The van der Waals surface area contributed by atoms with Crippen LogP contribution in [-0.2, 0) is 4.79 Å². The molecule has 0 aromatic heterocycles. The van der Waals surface area contributed by atoms with Gasteiger partial charge in [-0.1, -0.05) is 34.1 Å². The largest absolute Gasteiger partial charge is 0.481 e. The maximum atomic E-state index is 11.7. The van der Waals surface area contributed by atoms with Crippen molar-refractivity contribution < 1.29 is 20.1 Å². The summed E-state index contributed by atoms with van der Waals surface area (Å²) in [5.74, 6) is 2.58. The lowest BCUT2D eigenvalue weighted by Gasteiger charge is -2.64. The molecular weight excluding hydrogens is 376 g/mol. The maximum Gasteiger partial charge on any atom is 0.303 e. The summed E-state index contributed by atoms with van der Waals surface area (Å²) in [6, 6.07) is 0. The van der Waals surface area contributed by atoms with Gasteiger partial charge in [-0.25, -0.2) is 0 Å². The van der Waals surface area contributed by atoms with Crippen molar-refractivity contribution in [3.63, 3.8) is 0 Å². The van der Waals surface area contributed by atoms with Gasteiger partial charge in [0.2, 0.25) is 0 Å². The summed E-state index contributed by atoms with van der Waals surface area (Å²) in [6.45, 7) is 9.44. The van der Waals surface area contributed by atoms with E-state index in [0.717, 1.165) is 32.1 Å². The highest BCUT2D eigenvalue weighted by atomic mass is 16.4. The molecule has 172 valence electrons. The van der Waals surface area contributed by atoms with Gasteiger partial charge < -0.3 is 15.3 Å². The Morgan fingerprint density at radius 2 is 1.67 bits per heavy atom. The van der Waals surface area contributed by atoms with Gasteiger partial charge in [-0.3, -0.25) is 4.79 Å². The SMILES string of the molecule is CC[C@H]1[C@H](O)[C@@H]2[C@H](CC[C@]3(C)[C@@H](C(C)CCC(=O)O)CC[C@@H]23)[C@@]2(C)CC[C@@H](O)C[C@@H]12. The van der Waals surface area contributed by atoms with Crippen molar-refractivity contribution in [2.45, 2.75) is 104 Å². The van der Waals surface area contributed by atoms with Crippen molar-refractivity contribution in [1.82, 2.24) is 0 Å². The molecule has 0 aromatic carbocycles. The molecule has 0 bridgehead atoms. The lowest BCUT2D eigenvalue weighted by molar-refractivity contribution is -0.203. The molecule has 4 aliphatic carbocycles. The van der Waals surface area contributed by atoms with Crippen LogP contribution >= 0.6 is 0 Å². The fourth-order valence-corrected chi connectivity index (χ4v) is 9.48. The zero-order valence-electron chi connectivity index (χ0n) is 19.5. The first-order chi connectivity index (χ1) is 14.1. The lowest BCUT2D eigenvalue weighted by Crippen LogP contribution is -2.62. The molecule has 4 fully saturated rings. The average molecular weight is 421 g/mol. The molecule has 0 amide bonds. The summed E-state index contributed by atoms with van der Waals surface area (Å²) >= 11 is 0. The van der Waals surface area contributed by atoms with Gasteiger partial charge in [-0.05, 0) is 104 Å². The van der Waals surface area contributed by atoms with Gasteiger partial charge in [-0.2, -0.15) is 0 Å². The van der Waals surface area contributed by atoms with Gasteiger partial charge in [0, 0.05) is 6.42 Å². The number of fused-ring (bicyclic) bond motifs is 5. The number of hydrogen-bond donors (Lipinski definition) is 3. The van der Waals surface area contributed by atoms with Crippen molar-refractivity contribution in [2.75, 3.05) is 0 Å². The first-order valence-electron chi connectivity index (χ1n) is 12.7. The molecular formula is C26H44O4. The third-order valence-electron chi connectivity index (χ3n) is 11.0. The third kappa shape index (κ3) is 3.36. The molecule has 4 aliphatic rings. The van der Waals surface area contributed by atoms with E-state index in [9.17, 15) is 15.0 Å². The van der Waals surface area contributed by atoms with Crippen LogP contribution in [0, 0.1) is 52.3 Å². The molecule has 11 atom stereocenters. The Morgan fingerprint density at radius 3 is 2.33 bits per heavy atom. The van der Waals surface area contributed by atoms with Gasteiger partial charge in [0.1, 0.15) is 0 Å². The molecule has 0 aliphatic heterocycles. The van der Waals surface area contributed by atoms with Crippen LogP contribution in [0.25, 0.3) is 0 Å². The van der Waals surface area contributed by atoms with E-state index < -0.39 is 5.97 Å². The summed E-state index contributed by atoms with van der Waals surface area (Å²) in [5, 5.41) is 31.3. The number of aliphatic hydroxyl groups excluding tert-OH is 2. The Bertz CT molecular complexity index is 649. The maximum absolute atomic E-state index is 11.7. The number of carboxylic acid groups (broad SMARTS) is 1. The molecule has 0 heterocycles. The molecule has 4 heteroatoms. The Balaban J connectivity index is 1.61. The molecule has 0 aromatic rings. The molecule has 0 saturated heterocycles. The zero-order chi connectivity index (χ0) is 21.8. The topological polar surface area (TPSA) is 77.8 Å². The zero-order valence-corrected chi connectivity index (χ0v) is 19.5. The monoisotopic (exact) mass is 420 g/mol. The van der Waals surface area contributed by atoms with Gasteiger partial charge >= 0.3 is 5.97 Å². The Morgan fingerprint density at radius 1 is 1.00 bits per heavy atom. The summed E-state index contributed by atoms with van der Waals surface area (Å²) in [5.41, 5.74) is 0.480. The van der Waals surface area contributed by atoms with E-state index >= 15 is 0 Å². The molecule has 4 saturated carbocycles. The van der Waals surface area contributed by atoms with Crippen LogP contribution in [0.4, 0.5) is 0 Å². The van der Waals surface area contributed by atoms with Crippen LogP contribution in [0.3, 0.4) is 0 Å². The van der Waals surface area contributed by atoms with E-state index in [4.69, 9.17) is 5.11 Å². The minimum atomic E-state index is -0.683. The van der Waals surface area contributed by atoms with E-state index in [1.807, 2.05) is 0 Å². The van der Waals surface area contributed by atoms with Crippen LogP contribution in [0.1, 0.15) is 91.9 Å². The van der Waals surface area contributed by atoms with E-state index in [-0.39, 0.29) is 29.5 Å². The fraction of sp³-hybridized carbons (Fsp3) is 0.962. The first-order valence-corrected chi connectivity index (χ1v) is 12.7. The fourth-order valence-electron chi connectivity index (χ4n) is 9.48. The second-order valence-corrected chi connectivity index (χ2v) is 12.0. The minimum absolute atomic E-state index is 0.194. The predicted molar refractivity (Wildman–Crippen MR) is 118 cm³/mol. The van der Waals surface area contributed by atoms with Gasteiger partial charge in [0.25, 0.3) is 0 Å². The Kier molecular flexibility index (Phi) is 6.07. The molecule has 30 heavy (non-hydrogen) atoms. The Hall–Kier alpha value is -0.610. The third-order valence-corrected chi connectivity index (χ3v) is 11.0. The normalized spacial score (nSPS) is 51.5. The smallest absolute Gasteiger partial charge is 0.303 e. The molecule has 0 spiro atoms. The Labute approximate surface area is 182 Å². The van der Waals surface area contributed by atoms with Crippen molar-refractivity contribution in [2.24, 2.45) is 52.3 Å². The molecule has 0 radical (unpaired) electrons. The van der Waals surface area contributed by atoms with Crippen molar-refractivity contribution in [1.29, 1.82) is 0 Å². The van der Waals surface area contributed by atoms with Crippen LogP contribution < -0.4 is 0 Å². The van der Waals surface area contributed by atoms with E-state index in [1.54, 1.807) is 0 Å². The van der Waals surface area contributed by atoms with Gasteiger partial charge in [0.15, 0.2) is 0 Å².